The smallest absolute Gasteiger partial charge is 0.131 e. The van der Waals surface area contributed by atoms with Gasteiger partial charge in [0, 0.05) is 18.3 Å². The lowest BCUT2D eigenvalue weighted by atomic mass is 9.92. The number of aromatic nitrogens is 2. The minimum absolute atomic E-state index is 0.480. The van der Waals surface area contributed by atoms with E-state index in [1.165, 1.54) is 0 Å². The molecule has 0 bridgehead atoms. The maximum Gasteiger partial charge on any atom is 0.131 e. The van der Waals surface area contributed by atoms with E-state index in [1.807, 2.05) is 12.4 Å². The summed E-state index contributed by atoms with van der Waals surface area (Å²) in [7, 11) is 0. The Balaban J connectivity index is 2.86. The summed E-state index contributed by atoms with van der Waals surface area (Å²) in [4.78, 5) is 8.63. The zero-order valence-corrected chi connectivity index (χ0v) is 9.87. The molecule has 0 N–H and O–H groups in total. The lowest BCUT2D eigenvalue weighted by Gasteiger charge is -2.16. The van der Waals surface area contributed by atoms with E-state index in [1.54, 1.807) is 0 Å². The fraction of sp³-hybridized carbons (Fsp3) is 0.600. The second-order valence-corrected chi connectivity index (χ2v) is 4.43. The molecule has 0 spiro atoms. The number of hydrogen-bond donors (Lipinski definition) is 0. The van der Waals surface area contributed by atoms with Crippen LogP contribution in [0, 0.1) is 5.92 Å². The van der Waals surface area contributed by atoms with Gasteiger partial charge in [0.05, 0.1) is 4.47 Å². The largest absolute Gasteiger partial charge is 0.240 e. The molecule has 0 aliphatic heterocycles. The zero-order valence-electron chi connectivity index (χ0n) is 8.29. The Bertz CT molecular complexity index is 256. The molecule has 3 heteroatoms. The van der Waals surface area contributed by atoms with Crippen molar-refractivity contribution in [2.75, 3.05) is 0 Å². The van der Waals surface area contributed by atoms with Gasteiger partial charge in [-0.25, -0.2) is 9.97 Å². The maximum absolute atomic E-state index is 4.31. The highest BCUT2D eigenvalue weighted by Crippen LogP contribution is 2.24. The number of nitrogens with zero attached hydrogens (tertiary/aromatic N) is 2. The second-order valence-electron chi connectivity index (χ2n) is 3.52. The molecule has 0 aromatic carbocycles. The standard InChI is InChI=1S/C10H15BrN2/c1-4-9(7(2)3)10-12-5-8(11)6-13-10/h5-7,9H,4H2,1-3H3/t9-/m0/s1. The van der Waals surface area contributed by atoms with Crippen LogP contribution in [0.1, 0.15) is 38.9 Å². The molecule has 0 saturated heterocycles. The van der Waals surface area contributed by atoms with E-state index in [0.29, 0.717) is 11.8 Å². The summed E-state index contributed by atoms with van der Waals surface area (Å²) in [5.41, 5.74) is 0. The maximum atomic E-state index is 4.31. The summed E-state index contributed by atoms with van der Waals surface area (Å²) in [6, 6.07) is 0. The summed E-state index contributed by atoms with van der Waals surface area (Å²) in [5, 5.41) is 0. The monoisotopic (exact) mass is 242 g/mol. The van der Waals surface area contributed by atoms with Crippen LogP contribution in [0.4, 0.5) is 0 Å². The Labute approximate surface area is 87.9 Å². The predicted molar refractivity (Wildman–Crippen MR) is 57.6 cm³/mol. The van der Waals surface area contributed by atoms with E-state index < -0.39 is 0 Å². The van der Waals surface area contributed by atoms with E-state index in [4.69, 9.17) is 0 Å². The van der Waals surface area contributed by atoms with Crippen LogP contribution >= 0.6 is 15.9 Å². The van der Waals surface area contributed by atoms with Gasteiger partial charge >= 0.3 is 0 Å². The molecule has 1 rings (SSSR count). The van der Waals surface area contributed by atoms with Crippen LogP contribution < -0.4 is 0 Å². The van der Waals surface area contributed by atoms with Crippen molar-refractivity contribution in [1.82, 2.24) is 9.97 Å². The molecule has 0 aliphatic carbocycles. The van der Waals surface area contributed by atoms with Crippen molar-refractivity contribution in [3.8, 4) is 0 Å². The van der Waals surface area contributed by atoms with Crippen LogP contribution in [0.25, 0.3) is 0 Å². The number of rotatable bonds is 3. The van der Waals surface area contributed by atoms with Crippen molar-refractivity contribution in [3.63, 3.8) is 0 Å². The van der Waals surface area contributed by atoms with E-state index in [9.17, 15) is 0 Å². The van der Waals surface area contributed by atoms with Gasteiger partial charge in [-0.2, -0.15) is 0 Å². The van der Waals surface area contributed by atoms with Crippen molar-refractivity contribution in [2.45, 2.75) is 33.1 Å². The van der Waals surface area contributed by atoms with Crippen LogP contribution in [0.15, 0.2) is 16.9 Å². The lowest BCUT2D eigenvalue weighted by molar-refractivity contribution is 0.463. The van der Waals surface area contributed by atoms with Gasteiger partial charge in [-0.05, 0) is 28.3 Å². The lowest BCUT2D eigenvalue weighted by Crippen LogP contribution is -2.09. The SMILES string of the molecule is CC[C@H](c1ncc(Br)cn1)C(C)C. The summed E-state index contributed by atoms with van der Waals surface area (Å²) < 4.78 is 0.940. The van der Waals surface area contributed by atoms with Gasteiger partial charge in [-0.1, -0.05) is 20.8 Å². The molecular formula is C10H15BrN2. The molecule has 1 aromatic rings. The quantitative estimate of drug-likeness (QED) is 0.813. The Morgan fingerprint density at radius 2 is 1.85 bits per heavy atom. The van der Waals surface area contributed by atoms with Crippen molar-refractivity contribution in [1.29, 1.82) is 0 Å². The summed E-state index contributed by atoms with van der Waals surface area (Å²) >= 11 is 3.33. The van der Waals surface area contributed by atoms with Gasteiger partial charge in [0.25, 0.3) is 0 Å². The highest BCUT2D eigenvalue weighted by atomic mass is 79.9. The molecule has 0 radical (unpaired) electrons. The Morgan fingerprint density at radius 3 is 2.23 bits per heavy atom. The first-order chi connectivity index (χ1) is 6.15. The molecule has 1 aromatic heterocycles. The molecule has 1 atom stereocenters. The van der Waals surface area contributed by atoms with Crippen molar-refractivity contribution in [3.05, 3.63) is 22.7 Å². The first kappa shape index (κ1) is 10.6. The predicted octanol–water partition coefficient (Wildman–Crippen LogP) is 3.39. The Hall–Kier alpha value is -0.440. The highest BCUT2D eigenvalue weighted by molar-refractivity contribution is 9.10. The Morgan fingerprint density at radius 1 is 1.31 bits per heavy atom. The zero-order chi connectivity index (χ0) is 9.84. The molecule has 0 amide bonds. The van der Waals surface area contributed by atoms with E-state index in [0.717, 1.165) is 16.7 Å². The van der Waals surface area contributed by atoms with Gasteiger partial charge in [0.1, 0.15) is 5.82 Å². The van der Waals surface area contributed by atoms with Crippen LogP contribution in [-0.2, 0) is 0 Å². The van der Waals surface area contributed by atoms with Gasteiger partial charge in [0.2, 0.25) is 0 Å². The van der Waals surface area contributed by atoms with Crippen LogP contribution in [0.3, 0.4) is 0 Å². The summed E-state index contributed by atoms with van der Waals surface area (Å²) in [5.74, 6) is 2.04. The average molecular weight is 243 g/mol. The van der Waals surface area contributed by atoms with Crippen LogP contribution in [0.5, 0.6) is 0 Å². The third-order valence-electron chi connectivity index (χ3n) is 2.22. The fourth-order valence-corrected chi connectivity index (χ4v) is 1.67. The van der Waals surface area contributed by atoms with E-state index in [-0.39, 0.29) is 0 Å². The number of halogens is 1. The molecule has 13 heavy (non-hydrogen) atoms. The van der Waals surface area contributed by atoms with E-state index >= 15 is 0 Å². The summed E-state index contributed by atoms with van der Waals surface area (Å²) in [6.07, 6.45) is 4.72. The third-order valence-corrected chi connectivity index (χ3v) is 2.63. The molecule has 1 heterocycles. The van der Waals surface area contributed by atoms with E-state index in [2.05, 4.69) is 46.7 Å². The second kappa shape index (κ2) is 4.70. The van der Waals surface area contributed by atoms with Gasteiger partial charge in [-0.3, -0.25) is 0 Å². The minimum atomic E-state index is 0.480. The molecule has 0 unspecified atom stereocenters. The molecule has 72 valence electrons. The minimum Gasteiger partial charge on any atom is -0.240 e. The molecular weight excluding hydrogens is 228 g/mol. The number of hydrogen-bond acceptors (Lipinski definition) is 2. The molecule has 0 fully saturated rings. The fourth-order valence-electron chi connectivity index (χ4n) is 1.47. The molecule has 2 nitrogen and oxygen atoms in total. The highest BCUT2D eigenvalue weighted by Gasteiger charge is 2.15. The van der Waals surface area contributed by atoms with Gasteiger partial charge in [-0.15, -0.1) is 0 Å². The van der Waals surface area contributed by atoms with Crippen molar-refractivity contribution in [2.24, 2.45) is 5.92 Å². The first-order valence-corrected chi connectivity index (χ1v) is 5.42. The molecule has 0 saturated carbocycles. The van der Waals surface area contributed by atoms with Gasteiger partial charge in [0.15, 0.2) is 0 Å². The Kier molecular flexibility index (Phi) is 3.85. The third kappa shape index (κ3) is 2.76. The van der Waals surface area contributed by atoms with Crippen LogP contribution in [0.2, 0.25) is 0 Å². The van der Waals surface area contributed by atoms with Crippen molar-refractivity contribution >= 4 is 15.9 Å². The van der Waals surface area contributed by atoms with Gasteiger partial charge < -0.3 is 0 Å². The van der Waals surface area contributed by atoms with Crippen LogP contribution in [-0.4, -0.2) is 9.97 Å². The summed E-state index contributed by atoms with van der Waals surface area (Å²) in [6.45, 7) is 6.59. The molecule has 0 aliphatic rings. The van der Waals surface area contributed by atoms with Crippen molar-refractivity contribution < 1.29 is 0 Å². The normalized spacial score (nSPS) is 13.3. The average Bonchev–Trinajstić information content (AvgIpc) is 2.09. The topological polar surface area (TPSA) is 25.8 Å². The first-order valence-electron chi connectivity index (χ1n) is 4.62.